The van der Waals surface area contributed by atoms with E-state index in [1.54, 1.807) is 0 Å². The minimum Gasteiger partial charge on any atom is -0.455 e. The Bertz CT molecular complexity index is 788. The third-order valence-corrected chi connectivity index (χ3v) is 6.39. The molecule has 7 heteroatoms. The second-order valence-electron chi connectivity index (χ2n) is 7.33. The van der Waals surface area contributed by atoms with E-state index in [1.165, 1.54) is 37.4 Å². The molecular weight excluding hydrogens is 364 g/mol. The number of likely N-dealkylation sites (tertiary alicyclic amines) is 1. The summed E-state index contributed by atoms with van der Waals surface area (Å²) in [5.74, 6) is 0.965. The van der Waals surface area contributed by atoms with Gasteiger partial charge in [-0.25, -0.2) is 4.98 Å². The van der Waals surface area contributed by atoms with E-state index in [-0.39, 0.29) is 18.3 Å². The number of hydrogen-bond donors (Lipinski definition) is 0. The number of rotatable bonds is 5. The van der Waals surface area contributed by atoms with Crippen LogP contribution in [0.5, 0.6) is 0 Å². The largest absolute Gasteiger partial charge is 0.455 e. The standard InChI is InChI=1S/C20H24N2O4S/c23-18(22-10-9-14-5-1-2-6-15(14)11-22)12-25-19(24)13-27-20-21-16-7-3-4-8-17(16)26-20/h3-4,7-8,14-15H,1-2,5-6,9-13H2/t14-,15+/m0/s1. The van der Waals surface area contributed by atoms with E-state index in [2.05, 4.69) is 4.98 Å². The Labute approximate surface area is 162 Å². The fourth-order valence-electron chi connectivity index (χ4n) is 4.14. The van der Waals surface area contributed by atoms with Gasteiger partial charge in [-0.3, -0.25) is 9.59 Å². The Hall–Kier alpha value is -2.02. The summed E-state index contributed by atoms with van der Waals surface area (Å²) in [5.41, 5.74) is 1.45. The highest BCUT2D eigenvalue weighted by molar-refractivity contribution is 7.99. The van der Waals surface area contributed by atoms with Gasteiger partial charge in [0.2, 0.25) is 0 Å². The van der Waals surface area contributed by atoms with Gasteiger partial charge in [-0.15, -0.1) is 0 Å². The fourth-order valence-corrected chi connectivity index (χ4v) is 4.77. The van der Waals surface area contributed by atoms with E-state index in [4.69, 9.17) is 9.15 Å². The van der Waals surface area contributed by atoms with E-state index >= 15 is 0 Å². The van der Waals surface area contributed by atoms with Crippen molar-refractivity contribution in [3.63, 3.8) is 0 Å². The number of thioether (sulfide) groups is 1. The normalized spacial score (nSPS) is 22.4. The Balaban J connectivity index is 1.21. The molecule has 2 heterocycles. The highest BCUT2D eigenvalue weighted by Gasteiger charge is 2.33. The van der Waals surface area contributed by atoms with Gasteiger partial charge in [-0.2, -0.15) is 0 Å². The Morgan fingerprint density at radius 3 is 2.85 bits per heavy atom. The van der Waals surface area contributed by atoms with E-state index < -0.39 is 5.97 Å². The molecule has 144 valence electrons. The first-order valence-electron chi connectivity index (χ1n) is 9.61. The van der Waals surface area contributed by atoms with Crippen molar-refractivity contribution >= 4 is 34.7 Å². The summed E-state index contributed by atoms with van der Waals surface area (Å²) in [6.45, 7) is 1.43. The number of nitrogens with zero attached hydrogens (tertiary/aromatic N) is 2. The highest BCUT2D eigenvalue weighted by atomic mass is 32.2. The number of fused-ring (bicyclic) bond motifs is 2. The van der Waals surface area contributed by atoms with Crippen molar-refractivity contribution in [2.45, 2.75) is 37.3 Å². The first kappa shape index (κ1) is 18.3. The smallest absolute Gasteiger partial charge is 0.316 e. The fraction of sp³-hybridized carbons (Fsp3) is 0.550. The number of esters is 1. The van der Waals surface area contributed by atoms with Gasteiger partial charge in [0.05, 0.1) is 0 Å². The Kier molecular flexibility index (Phi) is 5.66. The van der Waals surface area contributed by atoms with Crippen LogP contribution in [0, 0.1) is 11.8 Å². The zero-order valence-corrected chi connectivity index (χ0v) is 16.1. The lowest BCUT2D eigenvalue weighted by Crippen LogP contribution is -2.46. The molecule has 1 aliphatic heterocycles. The van der Waals surface area contributed by atoms with Gasteiger partial charge in [0.15, 0.2) is 12.2 Å². The molecule has 0 N–H and O–H groups in total. The number of aromatic nitrogens is 1. The average molecular weight is 388 g/mol. The highest BCUT2D eigenvalue weighted by Crippen LogP contribution is 2.36. The van der Waals surface area contributed by atoms with Crippen LogP contribution in [0.1, 0.15) is 32.1 Å². The summed E-state index contributed by atoms with van der Waals surface area (Å²) >= 11 is 1.18. The quantitative estimate of drug-likeness (QED) is 0.577. The van der Waals surface area contributed by atoms with Crippen molar-refractivity contribution in [1.29, 1.82) is 0 Å². The molecule has 0 spiro atoms. The number of piperidine rings is 1. The zero-order chi connectivity index (χ0) is 18.6. The molecule has 0 unspecified atom stereocenters. The number of amides is 1. The SMILES string of the molecule is O=C(CSc1nc2ccccc2o1)OCC(=O)N1CC[C@@H]2CCCC[C@@H]2C1. The van der Waals surface area contributed by atoms with Crippen molar-refractivity contribution in [1.82, 2.24) is 9.88 Å². The molecular formula is C20H24N2O4S. The Morgan fingerprint density at radius 2 is 2.00 bits per heavy atom. The van der Waals surface area contributed by atoms with E-state index in [1.807, 2.05) is 29.2 Å². The number of hydrogen-bond acceptors (Lipinski definition) is 6. The lowest BCUT2D eigenvalue weighted by molar-refractivity contribution is -0.151. The summed E-state index contributed by atoms with van der Waals surface area (Å²) in [4.78, 5) is 30.5. The van der Waals surface area contributed by atoms with Crippen LogP contribution < -0.4 is 0 Å². The van der Waals surface area contributed by atoms with Crippen LogP contribution in [0.25, 0.3) is 11.1 Å². The van der Waals surface area contributed by atoms with E-state index in [0.29, 0.717) is 16.7 Å². The minimum atomic E-state index is -0.428. The molecule has 27 heavy (non-hydrogen) atoms. The molecule has 6 nitrogen and oxygen atoms in total. The molecule has 1 saturated heterocycles. The summed E-state index contributed by atoms with van der Waals surface area (Å²) in [6.07, 6.45) is 6.19. The molecule has 1 amide bonds. The van der Waals surface area contributed by atoms with Crippen LogP contribution in [0.3, 0.4) is 0 Å². The van der Waals surface area contributed by atoms with Gasteiger partial charge in [-0.05, 0) is 36.8 Å². The third kappa shape index (κ3) is 4.46. The molecule has 1 aromatic heterocycles. The number of benzene rings is 1. The van der Waals surface area contributed by atoms with Crippen molar-refractivity contribution in [3.8, 4) is 0 Å². The van der Waals surface area contributed by atoms with Crippen LogP contribution >= 0.6 is 11.8 Å². The maximum Gasteiger partial charge on any atom is 0.316 e. The van der Waals surface area contributed by atoms with Crippen molar-refractivity contribution in [3.05, 3.63) is 24.3 Å². The molecule has 2 atom stereocenters. The first-order chi connectivity index (χ1) is 13.2. The lowest BCUT2D eigenvalue weighted by atomic mass is 9.75. The summed E-state index contributed by atoms with van der Waals surface area (Å²) in [7, 11) is 0. The molecule has 1 aromatic carbocycles. The number of para-hydroxylation sites is 2. The number of carbonyl (C=O) groups is 2. The monoisotopic (exact) mass is 388 g/mol. The van der Waals surface area contributed by atoms with Crippen LogP contribution in [-0.4, -0.2) is 47.2 Å². The zero-order valence-electron chi connectivity index (χ0n) is 15.3. The van der Waals surface area contributed by atoms with Crippen LogP contribution in [0.4, 0.5) is 0 Å². The van der Waals surface area contributed by atoms with Crippen LogP contribution in [0.2, 0.25) is 0 Å². The molecule has 1 aliphatic carbocycles. The van der Waals surface area contributed by atoms with Gasteiger partial charge >= 0.3 is 5.97 Å². The minimum absolute atomic E-state index is 0.0742. The topological polar surface area (TPSA) is 72.6 Å². The molecule has 2 fully saturated rings. The average Bonchev–Trinajstić information content (AvgIpc) is 3.13. The number of oxazole rings is 1. The molecule has 2 aromatic rings. The van der Waals surface area contributed by atoms with Gasteiger partial charge in [0, 0.05) is 13.1 Å². The maximum atomic E-state index is 12.4. The van der Waals surface area contributed by atoms with Gasteiger partial charge in [0.1, 0.15) is 11.3 Å². The first-order valence-corrected chi connectivity index (χ1v) is 10.6. The van der Waals surface area contributed by atoms with E-state index in [0.717, 1.165) is 30.9 Å². The molecule has 1 saturated carbocycles. The maximum absolute atomic E-state index is 12.4. The molecule has 2 aliphatic rings. The Morgan fingerprint density at radius 1 is 1.19 bits per heavy atom. The predicted molar refractivity (Wildman–Crippen MR) is 102 cm³/mol. The number of carbonyl (C=O) groups excluding carboxylic acids is 2. The summed E-state index contributed by atoms with van der Waals surface area (Å²) in [6, 6.07) is 7.45. The van der Waals surface area contributed by atoms with Crippen molar-refractivity contribution < 1.29 is 18.7 Å². The van der Waals surface area contributed by atoms with Crippen molar-refractivity contribution in [2.75, 3.05) is 25.4 Å². The summed E-state index contributed by atoms with van der Waals surface area (Å²) < 4.78 is 10.7. The van der Waals surface area contributed by atoms with Gasteiger partial charge in [-0.1, -0.05) is 43.2 Å². The van der Waals surface area contributed by atoms with Crippen LogP contribution in [-0.2, 0) is 14.3 Å². The summed E-state index contributed by atoms with van der Waals surface area (Å²) in [5, 5.41) is 0.429. The van der Waals surface area contributed by atoms with Gasteiger partial charge < -0.3 is 14.1 Å². The second kappa shape index (κ2) is 8.33. The van der Waals surface area contributed by atoms with Gasteiger partial charge in [0.25, 0.3) is 11.1 Å². The number of ether oxygens (including phenoxy) is 1. The lowest BCUT2D eigenvalue weighted by Gasteiger charge is -2.41. The molecule has 0 bridgehead atoms. The second-order valence-corrected chi connectivity index (χ2v) is 8.26. The third-order valence-electron chi connectivity index (χ3n) is 5.59. The molecule has 4 rings (SSSR count). The molecule has 0 radical (unpaired) electrons. The van der Waals surface area contributed by atoms with Crippen LogP contribution in [0.15, 0.2) is 33.9 Å². The predicted octanol–water partition coefficient (Wildman–Crippen LogP) is 3.50. The van der Waals surface area contributed by atoms with Crippen molar-refractivity contribution in [2.24, 2.45) is 11.8 Å². The van der Waals surface area contributed by atoms with E-state index in [9.17, 15) is 9.59 Å².